The maximum atomic E-state index is 13.1. The van der Waals surface area contributed by atoms with Crippen molar-refractivity contribution in [1.82, 2.24) is 0 Å². The average Bonchev–Trinajstić information content (AvgIpc) is 3.25. The van der Waals surface area contributed by atoms with E-state index in [0.29, 0.717) is 12.8 Å². The number of unbranched alkanes of at least 4 members (excludes halogenated alkanes) is 19. The Balaban J connectivity index is 2.74. The summed E-state index contributed by atoms with van der Waals surface area (Å²) in [5.41, 5.74) is 0. The van der Waals surface area contributed by atoms with Crippen LogP contribution in [-0.2, 0) is 50.9 Å². The van der Waals surface area contributed by atoms with Crippen LogP contribution in [0.25, 0.3) is 0 Å². The molecule has 0 amide bonds. The van der Waals surface area contributed by atoms with Crippen LogP contribution >= 0.6 is 23.5 Å². The highest BCUT2D eigenvalue weighted by molar-refractivity contribution is 7.47. The van der Waals surface area contributed by atoms with Crippen LogP contribution in [-0.4, -0.2) is 108 Å². The van der Waals surface area contributed by atoms with Gasteiger partial charge in [0.25, 0.3) is 0 Å². The third-order valence-electron chi connectivity index (χ3n) is 10.9. The Morgan fingerprint density at radius 1 is 0.478 bits per heavy atom. The third kappa shape index (κ3) is 33.6. The molecule has 67 heavy (non-hydrogen) atoms. The minimum Gasteiger partial charge on any atom is -0.462 e. The van der Waals surface area contributed by atoms with Crippen molar-refractivity contribution < 1.29 is 90.6 Å². The SMILES string of the molecule is CCCCC/C=C\C/C=C\CCCCCCCC(=O)O[C@H](COC(=O)CCCCCCCCC/C=C\CCCCCC)COP(=O)(O)O[C@H]1C(O)C(O)C(OP(=O)(O)O)[C@@H](OP(=O)(O)O)C1O. The van der Waals surface area contributed by atoms with Crippen LogP contribution in [0.2, 0.25) is 0 Å². The van der Waals surface area contributed by atoms with E-state index in [-0.39, 0.29) is 12.8 Å². The second-order valence-corrected chi connectivity index (χ2v) is 20.8. The lowest BCUT2D eigenvalue weighted by Crippen LogP contribution is -2.65. The molecule has 19 nitrogen and oxygen atoms in total. The van der Waals surface area contributed by atoms with E-state index in [2.05, 4.69) is 59.4 Å². The summed E-state index contributed by atoms with van der Waals surface area (Å²) in [7, 11) is -16.6. The number of hydrogen-bond acceptors (Lipinski definition) is 14. The zero-order valence-electron chi connectivity index (χ0n) is 39.7. The molecule has 0 aliphatic heterocycles. The molecule has 1 aliphatic rings. The molecular weight excluding hydrogens is 937 g/mol. The fourth-order valence-electron chi connectivity index (χ4n) is 7.25. The van der Waals surface area contributed by atoms with Gasteiger partial charge in [-0.15, -0.1) is 0 Å². The standard InChI is InChI=1S/C45H83O19P3/c1-3-5-7-9-11-13-15-17-19-21-23-25-27-29-31-33-38(46)59-35-37(61-39(47)34-32-30-28-26-24-22-20-18-16-14-12-10-8-6-4-2)36-60-67(57,58)64-43-40(48)41(49)44(62-65(51,52)53)45(42(43)50)63-66(54,55)56/h12-15,18,20,37,40-45,48-50H,3-11,16-17,19,21-36H2,1-2H3,(H,57,58)(H2,51,52,53)(H2,54,55,56)/b14-12-,15-13-,20-18-/t37-,40?,41?,42?,43+,44?,45+/m1/s1. The number of carbonyl (C=O) groups excluding carboxylic acids is 2. The van der Waals surface area contributed by atoms with E-state index in [1.54, 1.807) is 0 Å². The first-order valence-corrected chi connectivity index (χ1v) is 28.8. The Hall–Kier alpha value is -1.63. The van der Waals surface area contributed by atoms with Gasteiger partial charge in [0, 0.05) is 12.8 Å². The summed E-state index contributed by atoms with van der Waals surface area (Å²) in [6.07, 6.45) is 21.6. The average molecular weight is 1020 g/mol. The number of hydrogen-bond donors (Lipinski definition) is 8. The Morgan fingerprint density at radius 3 is 1.36 bits per heavy atom. The van der Waals surface area contributed by atoms with Gasteiger partial charge in [0.2, 0.25) is 0 Å². The summed E-state index contributed by atoms with van der Waals surface area (Å²) in [4.78, 5) is 73.2. The second-order valence-electron chi connectivity index (χ2n) is 17.0. The predicted molar refractivity (Wildman–Crippen MR) is 252 cm³/mol. The summed E-state index contributed by atoms with van der Waals surface area (Å²) in [6, 6.07) is 0. The minimum atomic E-state index is -5.60. The lowest BCUT2D eigenvalue weighted by molar-refractivity contribution is -0.213. The molecule has 0 heterocycles. The zero-order chi connectivity index (χ0) is 50.0. The first-order chi connectivity index (χ1) is 31.8. The van der Waals surface area contributed by atoms with E-state index in [4.69, 9.17) is 18.5 Å². The summed E-state index contributed by atoms with van der Waals surface area (Å²) >= 11 is 0. The number of phosphoric acid groups is 3. The van der Waals surface area contributed by atoms with E-state index in [1.165, 1.54) is 44.9 Å². The lowest BCUT2D eigenvalue weighted by atomic mass is 9.85. The summed E-state index contributed by atoms with van der Waals surface area (Å²) in [5.74, 6) is -1.32. The van der Waals surface area contributed by atoms with Gasteiger partial charge in [0.1, 0.15) is 43.2 Å². The number of esters is 2. The number of aliphatic hydroxyl groups excluding tert-OH is 3. The molecule has 22 heteroatoms. The maximum absolute atomic E-state index is 13.1. The van der Waals surface area contributed by atoms with Gasteiger partial charge in [-0.2, -0.15) is 0 Å². The normalized spacial score (nSPS) is 21.9. The van der Waals surface area contributed by atoms with Crippen LogP contribution in [0.4, 0.5) is 0 Å². The van der Waals surface area contributed by atoms with Gasteiger partial charge in [-0.25, -0.2) is 13.7 Å². The predicted octanol–water partition coefficient (Wildman–Crippen LogP) is 8.85. The molecule has 1 aliphatic carbocycles. The van der Waals surface area contributed by atoms with E-state index < -0.39 is 91.3 Å². The van der Waals surface area contributed by atoms with E-state index >= 15 is 0 Å². The Labute approximate surface area is 398 Å². The van der Waals surface area contributed by atoms with Gasteiger partial charge in [-0.1, -0.05) is 134 Å². The van der Waals surface area contributed by atoms with Crippen molar-refractivity contribution in [2.75, 3.05) is 13.2 Å². The number of phosphoric ester groups is 3. The van der Waals surface area contributed by atoms with Crippen molar-refractivity contribution in [3.05, 3.63) is 36.5 Å². The van der Waals surface area contributed by atoms with E-state index in [1.807, 2.05) is 0 Å². The highest BCUT2D eigenvalue weighted by Crippen LogP contribution is 2.51. The van der Waals surface area contributed by atoms with Crippen LogP contribution in [0.3, 0.4) is 0 Å². The Kier molecular flexibility index (Phi) is 35.2. The third-order valence-corrected chi connectivity index (χ3v) is 12.9. The van der Waals surface area contributed by atoms with Crippen LogP contribution < -0.4 is 0 Å². The minimum absolute atomic E-state index is 0.0186. The van der Waals surface area contributed by atoms with Gasteiger partial charge >= 0.3 is 35.4 Å². The molecule has 0 saturated heterocycles. The van der Waals surface area contributed by atoms with Gasteiger partial charge < -0.3 is 49.3 Å². The molecule has 0 bridgehead atoms. The van der Waals surface area contributed by atoms with E-state index in [0.717, 1.165) is 96.3 Å². The van der Waals surface area contributed by atoms with Crippen molar-refractivity contribution in [1.29, 1.82) is 0 Å². The molecule has 0 aromatic carbocycles. The largest absolute Gasteiger partial charge is 0.472 e. The smallest absolute Gasteiger partial charge is 0.462 e. The van der Waals surface area contributed by atoms with Crippen LogP contribution in [0.15, 0.2) is 36.5 Å². The molecule has 8 atom stereocenters. The number of rotatable bonds is 41. The van der Waals surface area contributed by atoms with Crippen LogP contribution in [0, 0.1) is 0 Å². The second kappa shape index (κ2) is 37.2. The molecule has 0 spiro atoms. The van der Waals surface area contributed by atoms with Crippen molar-refractivity contribution in [2.45, 2.75) is 224 Å². The highest BCUT2D eigenvalue weighted by Gasteiger charge is 2.56. The monoisotopic (exact) mass is 1020 g/mol. The molecule has 0 aromatic rings. The molecule has 392 valence electrons. The quantitative estimate of drug-likeness (QED) is 0.0123. The summed E-state index contributed by atoms with van der Waals surface area (Å²) < 4.78 is 65.5. The summed E-state index contributed by atoms with van der Waals surface area (Å²) in [5, 5.41) is 31.9. The fraction of sp³-hybridized carbons (Fsp3) is 0.822. The number of aliphatic hydroxyl groups is 3. The van der Waals surface area contributed by atoms with Gasteiger partial charge in [-0.05, 0) is 70.6 Å². The first-order valence-electron chi connectivity index (χ1n) is 24.3. The van der Waals surface area contributed by atoms with E-state index in [9.17, 15) is 63.1 Å². The van der Waals surface area contributed by atoms with Gasteiger partial charge in [0.05, 0.1) is 6.61 Å². The molecule has 1 saturated carbocycles. The Bertz CT molecular complexity index is 1550. The topological polar surface area (TPSA) is 303 Å². The highest BCUT2D eigenvalue weighted by atomic mass is 31.2. The number of allylic oxidation sites excluding steroid dienone is 6. The van der Waals surface area contributed by atoms with Crippen LogP contribution in [0.1, 0.15) is 181 Å². The van der Waals surface area contributed by atoms with Crippen molar-refractivity contribution in [3.63, 3.8) is 0 Å². The molecule has 5 unspecified atom stereocenters. The molecule has 1 rings (SSSR count). The van der Waals surface area contributed by atoms with Gasteiger partial charge in [-0.3, -0.25) is 27.7 Å². The number of ether oxygens (including phenoxy) is 2. The maximum Gasteiger partial charge on any atom is 0.472 e. The fourth-order valence-corrected chi connectivity index (χ4v) is 9.35. The Morgan fingerprint density at radius 2 is 0.866 bits per heavy atom. The number of carbonyl (C=O) groups is 2. The van der Waals surface area contributed by atoms with Crippen molar-refractivity contribution >= 4 is 35.4 Å². The van der Waals surface area contributed by atoms with Crippen LogP contribution in [0.5, 0.6) is 0 Å². The molecule has 1 fully saturated rings. The molecule has 8 N–H and O–H groups in total. The molecule has 0 radical (unpaired) electrons. The summed E-state index contributed by atoms with van der Waals surface area (Å²) in [6.45, 7) is 2.89. The zero-order valence-corrected chi connectivity index (χ0v) is 42.4. The van der Waals surface area contributed by atoms with Crippen molar-refractivity contribution in [2.24, 2.45) is 0 Å². The van der Waals surface area contributed by atoms with Crippen molar-refractivity contribution in [3.8, 4) is 0 Å². The first kappa shape index (κ1) is 63.4. The molecular formula is C45H83O19P3. The lowest BCUT2D eigenvalue weighted by Gasteiger charge is -2.44. The van der Waals surface area contributed by atoms with Gasteiger partial charge in [0.15, 0.2) is 6.10 Å². The molecule has 0 aromatic heterocycles.